The lowest BCUT2D eigenvalue weighted by molar-refractivity contribution is -0.271. The highest BCUT2D eigenvalue weighted by Gasteiger charge is 2.55. The molecule has 2 aromatic carbocycles. The molecule has 39 heavy (non-hydrogen) atoms. The summed E-state index contributed by atoms with van der Waals surface area (Å²) >= 11 is 0. The monoisotopic (exact) mass is 577 g/mol. The number of alkyl halides is 4. The van der Waals surface area contributed by atoms with Crippen LogP contribution in [0.3, 0.4) is 0 Å². The first-order chi connectivity index (χ1) is 18.3. The van der Waals surface area contributed by atoms with Gasteiger partial charge in [0.15, 0.2) is 0 Å². The number of halogens is 5. The molecule has 2 amide bonds. The van der Waals surface area contributed by atoms with Crippen LogP contribution in [0.5, 0.6) is 0 Å². The van der Waals surface area contributed by atoms with E-state index < -0.39 is 64.0 Å². The van der Waals surface area contributed by atoms with Crippen LogP contribution in [-0.2, 0) is 31.6 Å². The zero-order chi connectivity index (χ0) is 28.6. The minimum absolute atomic E-state index is 0.00958. The number of hydrogen-bond donors (Lipinski definition) is 3. The second kappa shape index (κ2) is 10.6. The number of rotatable bonds is 8. The molecule has 4 rings (SSSR count). The molecule has 0 bridgehead atoms. The first-order valence-electron chi connectivity index (χ1n) is 11.8. The Kier molecular flexibility index (Phi) is 7.76. The van der Waals surface area contributed by atoms with Crippen molar-refractivity contribution in [2.45, 2.75) is 48.1 Å². The summed E-state index contributed by atoms with van der Waals surface area (Å²) in [6.45, 7) is -2.01. The van der Waals surface area contributed by atoms with Gasteiger partial charge in [-0.15, -0.1) is 0 Å². The molecule has 15 heteroatoms. The number of anilines is 1. The fourth-order valence-electron chi connectivity index (χ4n) is 4.50. The Bertz CT molecular complexity index is 1360. The molecular formula is C24H24F5N3O6S. The number of aliphatic hydroxyl groups is 1. The second-order valence-corrected chi connectivity index (χ2v) is 11.0. The first kappa shape index (κ1) is 28.5. The van der Waals surface area contributed by atoms with Crippen LogP contribution >= 0.6 is 0 Å². The van der Waals surface area contributed by atoms with E-state index >= 15 is 0 Å². The number of benzene rings is 2. The van der Waals surface area contributed by atoms with Crippen molar-refractivity contribution >= 4 is 27.7 Å². The highest BCUT2D eigenvalue weighted by atomic mass is 32.2. The van der Waals surface area contributed by atoms with Crippen molar-refractivity contribution in [3.05, 3.63) is 59.4 Å². The lowest BCUT2D eigenvalue weighted by Gasteiger charge is -2.38. The van der Waals surface area contributed by atoms with Gasteiger partial charge in [0.2, 0.25) is 11.5 Å². The molecule has 1 saturated heterocycles. The standard InChI is InChI=1S/C24H24F5N3O6S/c25-13-23(35,24(27,28)29)15-2-8-20-14(9-15)1-5-17(10-21(33)30-11-18-12-31-22(34)38-18)32(20)39(36,37)19-6-3-16(26)4-7-19/h2-4,6-9,17-18,35H,1,5,10-13H2,(H,30,33)(H,31,34)/t17-,18?,23?/m0/s1. The number of alkyl carbamates (subject to hydrolysis) is 1. The van der Waals surface area contributed by atoms with Crippen LogP contribution in [0.25, 0.3) is 0 Å². The lowest BCUT2D eigenvalue weighted by atomic mass is 9.88. The van der Waals surface area contributed by atoms with Gasteiger partial charge < -0.3 is 20.5 Å². The molecule has 3 atom stereocenters. The predicted octanol–water partition coefficient (Wildman–Crippen LogP) is 2.67. The maximum atomic E-state index is 13.7. The fourth-order valence-corrected chi connectivity index (χ4v) is 6.22. The van der Waals surface area contributed by atoms with Gasteiger partial charge in [0, 0.05) is 6.42 Å². The third-order valence-corrected chi connectivity index (χ3v) is 8.48. The Labute approximate surface area is 220 Å². The molecule has 2 heterocycles. The molecule has 0 radical (unpaired) electrons. The highest BCUT2D eigenvalue weighted by Crippen LogP contribution is 2.43. The van der Waals surface area contributed by atoms with Gasteiger partial charge in [-0.05, 0) is 54.3 Å². The van der Waals surface area contributed by atoms with Crippen LogP contribution < -0.4 is 14.9 Å². The maximum Gasteiger partial charge on any atom is 0.424 e. The van der Waals surface area contributed by atoms with Crippen LogP contribution in [-0.4, -0.2) is 63.6 Å². The van der Waals surface area contributed by atoms with Crippen LogP contribution in [0, 0.1) is 5.82 Å². The topological polar surface area (TPSA) is 125 Å². The number of ether oxygens (including phenoxy) is 1. The molecule has 2 unspecified atom stereocenters. The summed E-state index contributed by atoms with van der Waals surface area (Å²) < 4.78 is 100. The van der Waals surface area contributed by atoms with Gasteiger partial charge in [-0.1, -0.05) is 12.1 Å². The maximum absolute atomic E-state index is 13.7. The second-order valence-electron chi connectivity index (χ2n) is 9.20. The minimum atomic E-state index is -5.34. The molecule has 3 N–H and O–H groups in total. The van der Waals surface area contributed by atoms with E-state index in [-0.39, 0.29) is 48.5 Å². The molecule has 0 saturated carbocycles. The van der Waals surface area contributed by atoms with E-state index in [9.17, 15) is 45.1 Å². The Hall–Kier alpha value is -3.46. The fraction of sp³-hybridized carbons (Fsp3) is 0.417. The van der Waals surface area contributed by atoms with Gasteiger partial charge in [-0.3, -0.25) is 9.10 Å². The Morgan fingerprint density at radius 1 is 1.18 bits per heavy atom. The molecule has 9 nitrogen and oxygen atoms in total. The van der Waals surface area contributed by atoms with E-state index in [2.05, 4.69) is 10.6 Å². The van der Waals surface area contributed by atoms with E-state index in [1.807, 2.05) is 0 Å². The quantitative estimate of drug-likeness (QED) is 0.415. The van der Waals surface area contributed by atoms with Crippen molar-refractivity contribution in [1.29, 1.82) is 0 Å². The SMILES string of the molecule is O=C(C[C@@H]1CCc2cc(C(O)(CF)C(F)(F)F)ccc2N1S(=O)(=O)c1ccc(F)cc1)NCC1CNC(=O)O1. The first-order valence-corrected chi connectivity index (χ1v) is 13.2. The van der Waals surface area contributed by atoms with Crippen LogP contribution in [0.15, 0.2) is 47.4 Å². The minimum Gasteiger partial charge on any atom is -0.442 e. The Morgan fingerprint density at radius 2 is 1.87 bits per heavy atom. The number of cyclic esters (lactones) is 1. The normalized spacial score (nSPS) is 21.0. The van der Waals surface area contributed by atoms with E-state index in [0.717, 1.165) is 46.8 Å². The number of fused-ring (bicyclic) bond motifs is 1. The van der Waals surface area contributed by atoms with Crippen molar-refractivity contribution in [2.24, 2.45) is 0 Å². The summed E-state index contributed by atoms with van der Waals surface area (Å²) in [4.78, 5) is 23.5. The molecule has 0 aliphatic carbocycles. The summed E-state index contributed by atoms with van der Waals surface area (Å²) in [6.07, 6.45) is -6.94. The van der Waals surface area contributed by atoms with E-state index in [1.165, 1.54) is 0 Å². The molecular weight excluding hydrogens is 553 g/mol. The van der Waals surface area contributed by atoms with Gasteiger partial charge >= 0.3 is 12.3 Å². The molecule has 2 aliphatic rings. The molecule has 0 aromatic heterocycles. The van der Waals surface area contributed by atoms with E-state index in [4.69, 9.17) is 4.74 Å². The van der Waals surface area contributed by atoms with Gasteiger partial charge in [0.1, 0.15) is 18.6 Å². The number of nitrogens with zero attached hydrogens (tertiary/aromatic N) is 1. The van der Waals surface area contributed by atoms with Gasteiger partial charge in [0.05, 0.1) is 29.7 Å². The lowest BCUT2D eigenvalue weighted by Crippen LogP contribution is -2.47. The largest absolute Gasteiger partial charge is 0.442 e. The molecule has 2 aromatic rings. The summed E-state index contributed by atoms with van der Waals surface area (Å²) in [5.74, 6) is -1.28. The van der Waals surface area contributed by atoms with Crippen molar-refractivity contribution in [1.82, 2.24) is 10.6 Å². The molecule has 2 aliphatic heterocycles. The summed E-state index contributed by atoms with van der Waals surface area (Å²) in [7, 11) is -4.46. The number of aryl methyl sites for hydroxylation is 1. The van der Waals surface area contributed by atoms with Crippen molar-refractivity contribution in [2.75, 3.05) is 24.1 Å². The Balaban J connectivity index is 1.68. The van der Waals surface area contributed by atoms with Gasteiger partial charge in [0.25, 0.3) is 10.0 Å². The van der Waals surface area contributed by atoms with E-state index in [1.54, 1.807) is 0 Å². The van der Waals surface area contributed by atoms with Crippen LogP contribution in [0.2, 0.25) is 0 Å². The Morgan fingerprint density at radius 3 is 2.46 bits per heavy atom. The zero-order valence-electron chi connectivity index (χ0n) is 20.2. The van der Waals surface area contributed by atoms with Crippen LogP contribution in [0.1, 0.15) is 24.0 Å². The third-order valence-electron chi connectivity index (χ3n) is 6.60. The summed E-state index contributed by atoms with van der Waals surface area (Å²) in [5, 5.41) is 15.0. The summed E-state index contributed by atoms with van der Waals surface area (Å²) in [5.41, 5.74) is -4.58. The van der Waals surface area contributed by atoms with Crippen molar-refractivity contribution < 1.29 is 49.8 Å². The average molecular weight is 578 g/mol. The number of carbonyl (C=O) groups is 2. The van der Waals surface area contributed by atoms with Gasteiger partial charge in [-0.2, -0.15) is 13.2 Å². The van der Waals surface area contributed by atoms with Crippen molar-refractivity contribution in [3.63, 3.8) is 0 Å². The number of sulfonamides is 1. The highest BCUT2D eigenvalue weighted by molar-refractivity contribution is 7.92. The number of hydrogen-bond acceptors (Lipinski definition) is 6. The predicted molar refractivity (Wildman–Crippen MR) is 126 cm³/mol. The number of amides is 2. The van der Waals surface area contributed by atoms with Gasteiger partial charge in [-0.25, -0.2) is 22.0 Å². The zero-order valence-corrected chi connectivity index (χ0v) is 21.0. The third kappa shape index (κ3) is 5.64. The smallest absolute Gasteiger partial charge is 0.424 e. The average Bonchev–Trinajstić information content (AvgIpc) is 3.31. The number of nitrogens with one attached hydrogen (secondary N) is 2. The molecule has 1 fully saturated rings. The summed E-state index contributed by atoms with van der Waals surface area (Å²) in [6, 6.07) is 5.57. The number of carbonyl (C=O) groups excluding carboxylic acids is 2. The van der Waals surface area contributed by atoms with Crippen molar-refractivity contribution in [3.8, 4) is 0 Å². The molecule has 0 spiro atoms. The van der Waals surface area contributed by atoms with E-state index in [0.29, 0.717) is 0 Å². The molecule has 212 valence electrons. The van der Waals surface area contributed by atoms with Crippen LogP contribution in [0.4, 0.5) is 32.4 Å².